The Bertz CT molecular complexity index is 1130. The Labute approximate surface area is 180 Å². The number of carbonyl (C=O) groups excluding carboxylic acids is 2. The molecule has 2 aromatic rings. The highest BCUT2D eigenvalue weighted by molar-refractivity contribution is 7.89. The lowest BCUT2D eigenvalue weighted by molar-refractivity contribution is -0.118. The Hall–Kier alpha value is -2.78. The molecule has 2 aliphatic rings. The number of Topliss-reactive ketones (excluding diaryl/α,β-unsaturated/α-hetero) is 1. The molecule has 164 valence electrons. The van der Waals surface area contributed by atoms with Crippen LogP contribution in [-0.2, 0) is 14.8 Å². The molecule has 7 nitrogen and oxygen atoms in total. The van der Waals surface area contributed by atoms with Gasteiger partial charge in [0.15, 0.2) is 12.4 Å². The molecule has 0 saturated carbocycles. The maximum absolute atomic E-state index is 14.1. The monoisotopic (exact) mass is 446 g/mol. The lowest BCUT2D eigenvalue weighted by atomic mass is 10.0. The first-order valence-electron chi connectivity index (χ1n) is 10.2. The molecule has 0 bridgehead atoms. The number of hydrogen-bond donors (Lipinski definition) is 1. The molecule has 0 radical (unpaired) electrons. The summed E-state index contributed by atoms with van der Waals surface area (Å²) in [6.45, 7) is 2.45. The van der Waals surface area contributed by atoms with E-state index in [1.807, 2.05) is 0 Å². The summed E-state index contributed by atoms with van der Waals surface area (Å²) in [6.07, 6.45) is 1.93. The van der Waals surface area contributed by atoms with Crippen LogP contribution in [0.5, 0.6) is 5.75 Å². The molecule has 1 amide bonds. The average Bonchev–Trinajstić information content (AvgIpc) is 3.37. The lowest BCUT2D eigenvalue weighted by Crippen LogP contribution is -2.27. The van der Waals surface area contributed by atoms with Crippen LogP contribution in [0.1, 0.15) is 48.0 Å². The van der Waals surface area contributed by atoms with Crippen molar-refractivity contribution in [2.75, 3.05) is 25.0 Å². The number of halogens is 1. The summed E-state index contributed by atoms with van der Waals surface area (Å²) in [4.78, 5) is 24.6. The number of ketones is 1. The molecule has 2 aromatic carbocycles. The van der Waals surface area contributed by atoms with Gasteiger partial charge in [0.1, 0.15) is 11.6 Å². The number of nitrogens with one attached hydrogen (secondary N) is 1. The molecule has 1 atom stereocenters. The van der Waals surface area contributed by atoms with E-state index in [1.165, 1.54) is 40.7 Å². The minimum atomic E-state index is -3.52. The molecule has 0 spiro atoms. The summed E-state index contributed by atoms with van der Waals surface area (Å²) in [6, 6.07) is 8.54. The Balaban J connectivity index is 1.40. The van der Waals surface area contributed by atoms with Crippen LogP contribution in [0.4, 0.5) is 10.1 Å². The van der Waals surface area contributed by atoms with Crippen molar-refractivity contribution in [2.24, 2.45) is 0 Å². The summed E-state index contributed by atoms with van der Waals surface area (Å²) >= 11 is 0. The van der Waals surface area contributed by atoms with E-state index in [9.17, 15) is 22.4 Å². The second-order valence-electron chi connectivity index (χ2n) is 7.83. The van der Waals surface area contributed by atoms with Gasteiger partial charge < -0.3 is 10.1 Å². The van der Waals surface area contributed by atoms with Gasteiger partial charge in [0, 0.05) is 30.8 Å². The second-order valence-corrected chi connectivity index (χ2v) is 9.77. The van der Waals surface area contributed by atoms with E-state index in [0.717, 1.165) is 12.8 Å². The maximum atomic E-state index is 14.1. The number of sulfonamides is 1. The molecular weight excluding hydrogens is 423 g/mol. The van der Waals surface area contributed by atoms with Gasteiger partial charge in [-0.2, -0.15) is 4.31 Å². The van der Waals surface area contributed by atoms with Crippen LogP contribution in [0, 0.1) is 5.82 Å². The average molecular weight is 447 g/mol. The third-order valence-corrected chi connectivity index (χ3v) is 7.53. The van der Waals surface area contributed by atoms with E-state index in [0.29, 0.717) is 24.3 Å². The van der Waals surface area contributed by atoms with Crippen molar-refractivity contribution in [1.29, 1.82) is 0 Å². The van der Waals surface area contributed by atoms with Gasteiger partial charge in [-0.3, -0.25) is 9.59 Å². The molecule has 1 saturated heterocycles. The zero-order chi connectivity index (χ0) is 22.2. The second kappa shape index (κ2) is 8.39. The number of nitrogens with zero attached hydrogens (tertiary/aromatic N) is 1. The van der Waals surface area contributed by atoms with E-state index in [-0.39, 0.29) is 40.9 Å². The highest BCUT2D eigenvalue weighted by Gasteiger charge is 2.32. The Morgan fingerprint density at radius 2 is 1.84 bits per heavy atom. The molecule has 1 N–H and O–H groups in total. The van der Waals surface area contributed by atoms with Crippen molar-refractivity contribution in [1.82, 2.24) is 4.31 Å². The molecular formula is C22H23FN2O5S. The number of amides is 1. The van der Waals surface area contributed by atoms with Crippen molar-refractivity contribution in [3.63, 3.8) is 0 Å². The van der Waals surface area contributed by atoms with Gasteiger partial charge in [-0.15, -0.1) is 0 Å². The summed E-state index contributed by atoms with van der Waals surface area (Å²) in [5, 5.41) is 2.63. The van der Waals surface area contributed by atoms with E-state index >= 15 is 0 Å². The van der Waals surface area contributed by atoms with Gasteiger partial charge in [-0.1, -0.05) is 6.92 Å². The van der Waals surface area contributed by atoms with Crippen molar-refractivity contribution in [2.45, 2.75) is 37.0 Å². The predicted octanol–water partition coefficient (Wildman–Crippen LogP) is 3.32. The quantitative estimate of drug-likeness (QED) is 0.735. The first-order valence-corrected chi connectivity index (χ1v) is 11.6. The fourth-order valence-corrected chi connectivity index (χ4v) is 5.59. The zero-order valence-corrected chi connectivity index (χ0v) is 17.9. The van der Waals surface area contributed by atoms with Crippen LogP contribution >= 0.6 is 0 Å². The molecule has 1 fully saturated rings. The van der Waals surface area contributed by atoms with E-state index < -0.39 is 21.7 Å². The molecule has 0 unspecified atom stereocenters. The molecule has 1 heterocycles. The van der Waals surface area contributed by atoms with Gasteiger partial charge in [0.2, 0.25) is 10.0 Å². The van der Waals surface area contributed by atoms with E-state index in [2.05, 4.69) is 5.32 Å². The number of anilines is 1. The van der Waals surface area contributed by atoms with Crippen molar-refractivity contribution in [3.8, 4) is 5.75 Å². The minimum Gasteiger partial charge on any atom is -0.483 e. The highest BCUT2D eigenvalue weighted by atomic mass is 32.2. The predicted molar refractivity (Wildman–Crippen MR) is 112 cm³/mol. The van der Waals surface area contributed by atoms with Crippen molar-refractivity contribution < 1.29 is 27.1 Å². The molecule has 0 aromatic heterocycles. The number of benzene rings is 2. The van der Waals surface area contributed by atoms with Gasteiger partial charge in [-0.25, -0.2) is 12.8 Å². The van der Waals surface area contributed by atoms with Gasteiger partial charge in [0.05, 0.1) is 10.5 Å². The number of carbonyl (C=O) groups is 2. The molecule has 9 heteroatoms. The smallest absolute Gasteiger partial charge is 0.262 e. The van der Waals surface area contributed by atoms with Crippen LogP contribution in [0.25, 0.3) is 0 Å². The Morgan fingerprint density at radius 1 is 1.16 bits per heavy atom. The fraction of sp³-hybridized carbons (Fsp3) is 0.364. The minimum absolute atomic E-state index is 0.179. The number of fused-ring (bicyclic) bond motifs is 1. The summed E-state index contributed by atoms with van der Waals surface area (Å²) in [5.41, 5.74) is 0.956. The summed E-state index contributed by atoms with van der Waals surface area (Å²) in [7, 11) is -3.52. The molecule has 31 heavy (non-hydrogen) atoms. The third kappa shape index (κ3) is 4.20. The zero-order valence-electron chi connectivity index (χ0n) is 17.1. The van der Waals surface area contributed by atoms with Crippen LogP contribution < -0.4 is 10.1 Å². The topological polar surface area (TPSA) is 92.8 Å². The first kappa shape index (κ1) is 21.5. The van der Waals surface area contributed by atoms with Crippen LogP contribution in [0.3, 0.4) is 0 Å². The molecule has 1 aliphatic heterocycles. The Morgan fingerprint density at radius 3 is 2.52 bits per heavy atom. The number of ether oxygens (including phenoxy) is 1. The summed E-state index contributed by atoms with van der Waals surface area (Å²) in [5.74, 6) is -1.17. The van der Waals surface area contributed by atoms with Crippen LogP contribution in [-0.4, -0.2) is 44.1 Å². The number of rotatable bonds is 6. The Kier molecular flexibility index (Phi) is 5.81. The lowest BCUT2D eigenvalue weighted by Gasteiger charge is -2.16. The maximum Gasteiger partial charge on any atom is 0.262 e. The third-order valence-electron chi connectivity index (χ3n) is 5.62. The first-order chi connectivity index (χ1) is 14.8. The largest absolute Gasteiger partial charge is 0.483 e. The number of hydrogen-bond acceptors (Lipinski definition) is 5. The summed E-state index contributed by atoms with van der Waals surface area (Å²) < 4.78 is 46.1. The van der Waals surface area contributed by atoms with E-state index in [4.69, 9.17) is 4.74 Å². The van der Waals surface area contributed by atoms with Gasteiger partial charge in [-0.05, 0) is 55.2 Å². The van der Waals surface area contributed by atoms with Crippen molar-refractivity contribution in [3.05, 3.63) is 53.3 Å². The van der Waals surface area contributed by atoms with E-state index in [1.54, 1.807) is 6.92 Å². The highest BCUT2D eigenvalue weighted by Crippen LogP contribution is 2.39. The molecule has 1 aliphatic carbocycles. The normalized spacial score (nSPS) is 18.8. The molecule has 4 rings (SSSR count). The SMILES string of the molecule is C[C@H]1CC(=O)c2c(OCC(=O)Nc3ccc(S(=O)(=O)N4CCCC4)cc3)ccc(F)c21. The van der Waals surface area contributed by atoms with Crippen LogP contribution in [0.15, 0.2) is 41.3 Å². The van der Waals surface area contributed by atoms with Gasteiger partial charge in [0.25, 0.3) is 5.91 Å². The van der Waals surface area contributed by atoms with Crippen molar-refractivity contribution >= 4 is 27.4 Å². The van der Waals surface area contributed by atoms with Crippen LogP contribution in [0.2, 0.25) is 0 Å². The fourth-order valence-electron chi connectivity index (χ4n) is 4.07. The standard InChI is InChI=1S/C22H23FN2O5S/c1-14-12-18(26)22-19(9-8-17(23)21(14)22)30-13-20(27)24-15-4-6-16(7-5-15)31(28,29)25-10-2-3-11-25/h4-9,14H,2-3,10-13H2,1H3,(H,24,27)/t14-/m0/s1. The van der Waals surface area contributed by atoms with Gasteiger partial charge >= 0.3 is 0 Å².